The van der Waals surface area contributed by atoms with Crippen molar-refractivity contribution in [2.75, 3.05) is 7.05 Å². The molecule has 2 aliphatic rings. The van der Waals surface area contributed by atoms with Crippen LogP contribution in [-0.4, -0.2) is 38.9 Å². The van der Waals surface area contributed by atoms with E-state index in [2.05, 4.69) is 33.6 Å². The highest BCUT2D eigenvalue weighted by Gasteiger charge is 2.38. The molecule has 33 heavy (non-hydrogen) atoms. The van der Waals surface area contributed by atoms with Crippen LogP contribution >= 0.6 is 0 Å². The van der Waals surface area contributed by atoms with Crippen LogP contribution in [0.15, 0.2) is 65.8 Å². The fourth-order valence-electron chi connectivity index (χ4n) is 4.74. The van der Waals surface area contributed by atoms with Crippen LogP contribution < -0.4 is 5.32 Å². The Kier molecular flexibility index (Phi) is 4.50. The molecule has 0 bridgehead atoms. The van der Waals surface area contributed by atoms with Crippen molar-refractivity contribution in [1.82, 2.24) is 20.3 Å². The van der Waals surface area contributed by atoms with Gasteiger partial charge in [0.15, 0.2) is 0 Å². The highest BCUT2D eigenvalue weighted by molar-refractivity contribution is 6.05. The second-order valence-corrected chi connectivity index (χ2v) is 8.58. The number of hydrogen-bond acceptors (Lipinski definition) is 6. The number of aliphatic hydroxyl groups is 1. The molecule has 3 aromatic carbocycles. The van der Waals surface area contributed by atoms with Gasteiger partial charge in [-0.2, -0.15) is 10.4 Å². The van der Waals surface area contributed by atoms with Crippen LogP contribution in [0, 0.1) is 11.3 Å². The third kappa shape index (κ3) is 3.28. The molecule has 7 heteroatoms. The molecular formula is C26H22N6O. The van der Waals surface area contributed by atoms with Gasteiger partial charge in [-0.15, -0.1) is 0 Å². The third-order valence-corrected chi connectivity index (χ3v) is 6.51. The first-order valence-electron chi connectivity index (χ1n) is 10.9. The van der Waals surface area contributed by atoms with Crippen LogP contribution in [-0.2, 0) is 13.1 Å². The maximum absolute atomic E-state index is 11.2. The lowest BCUT2D eigenvalue weighted by Gasteiger charge is -2.19. The summed E-state index contributed by atoms with van der Waals surface area (Å²) < 4.78 is 0. The van der Waals surface area contributed by atoms with Gasteiger partial charge in [0.05, 0.1) is 28.4 Å². The van der Waals surface area contributed by atoms with E-state index in [9.17, 15) is 5.11 Å². The lowest BCUT2D eigenvalue weighted by Crippen LogP contribution is -2.29. The monoisotopic (exact) mass is 434 g/mol. The largest absolute Gasteiger partial charge is 0.384 e. The number of nitriles is 1. The van der Waals surface area contributed by atoms with Crippen LogP contribution in [0.3, 0.4) is 0 Å². The van der Waals surface area contributed by atoms with Gasteiger partial charge in [-0.25, -0.2) is 4.98 Å². The van der Waals surface area contributed by atoms with Gasteiger partial charge in [-0.05, 0) is 46.5 Å². The third-order valence-electron chi connectivity index (χ3n) is 6.51. The molecule has 0 aliphatic carbocycles. The Hall–Kier alpha value is -3.99. The Morgan fingerprint density at radius 1 is 0.970 bits per heavy atom. The Bertz CT molecular complexity index is 1390. The molecule has 0 saturated heterocycles. The summed E-state index contributed by atoms with van der Waals surface area (Å²) in [7, 11) is 1.86. The van der Waals surface area contributed by atoms with Gasteiger partial charge in [0, 0.05) is 25.7 Å². The lowest BCUT2D eigenvalue weighted by molar-refractivity contribution is 0.134. The van der Waals surface area contributed by atoms with Crippen molar-refractivity contribution in [3.8, 4) is 17.2 Å². The highest BCUT2D eigenvalue weighted by Crippen LogP contribution is 2.33. The van der Waals surface area contributed by atoms with Crippen LogP contribution in [0.5, 0.6) is 0 Å². The number of nitrogens with zero attached hydrogens (tertiary/aromatic N) is 4. The quantitative estimate of drug-likeness (QED) is 0.459. The number of rotatable bonds is 3. The van der Waals surface area contributed by atoms with Crippen molar-refractivity contribution in [2.24, 2.45) is 5.10 Å². The zero-order valence-corrected chi connectivity index (χ0v) is 18.1. The Labute approximate surface area is 191 Å². The van der Waals surface area contributed by atoms with Gasteiger partial charge in [0.1, 0.15) is 18.0 Å². The minimum Gasteiger partial charge on any atom is -0.384 e. The summed E-state index contributed by atoms with van der Waals surface area (Å²) >= 11 is 0. The number of fused-ring (bicyclic) bond motifs is 2. The van der Waals surface area contributed by atoms with E-state index in [1.807, 2.05) is 55.6 Å². The van der Waals surface area contributed by atoms with Crippen LogP contribution in [0.1, 0.15) is 34.1 Å². The molecule has 3 N–H and O–H groups in total. The molecule has 2 unspecified atom stereocenters. The molecule has 162 valence electrons. The lowest BCUT2D eigenvalue weighted by atomic mass is 9.97. The second kappa shape index (κ2) is 7.55. The van der Waals surface area contributed by atoms with Gasteiger partial charge in [0.2, 0.25) is 0 Å². The number of benzene rings is 3. The minimum atomic E-state index is -0.801. The van der Waals surface area contributed by atoms with E-state index in [4.69, 9.17) is 10.2 Å². The standard InChI is InChI=1S/C26H22N6O/c1-32-24(26-29-21-10-19-13-28-14-20(19)11-22(21)30-26)25(33)23(31-32)18-8-6-17(7-9-18)16-4-2-15(12-27)3-5-16/h2-11,24-25,28,33H,13-14H2,1H3,(H,29,30). The van der Waals surface area contributed by atoms with Crippen molar-refractivity contribution in [3.05, 3.63) is 88.7 Å². The first kappa shape index (κ1) is 19.7. The molecule has 6 rings (SSSR count). The zero-order chi connectivity index (χ0) is 22.5. The summed E-state index contributed by atoms with van der Waals surface area (Å²) in [5.41, 5.74) is 8.67. The van der Waals surface area contributed by atoms with E-state index in [0.29, 0.717) is 17.1 Å². The summed E-state index contributed by atoms with van der Waals surface area (Å²) in [6.07, 6.45) is -0.801. The van der Waals surface area contributed by atoms with E-state index < -0.39 is 6.10 Å². The number of nitrogens with one attached hydrogen (secondary N) is 2. The van der Waals surface area contributed by atoms with E-state index in [1.54, 1.807) is 5.01 Å². The molecule has 0 fully saturated rings. The Morgan fingerprint density at radius 2 is 1.61 bits per heavy atom. The van der Waals surface area contributed by atoms with E-state index >= 15 is 0 Å². The molecule has 1 aromatic heterocycles. The molecule has 4 aromatic rings. The molecule has 3 heterocycles. The summed E-state index contributed by atoms with van der Waals surface area (Å²) in [5, 5.41) is 30.0. The fourth-order valence-corrected chi connectivity index (χ4v) is 4.74. The highest BCUT2D eigenvalue weighted by atomic mass is 16.3. The second-order valence-electron chi connectivity index (χ2n) is 8.58. The molecule has 0 radical (unpaired) electrons. The molecule has 0 spiro atoms. The van der Waals surface area contributed by atoms with Crippen LogP contribution in [0.25, 0.3) is 22.2 Å². The number of aliphatic hydroxyl groups excluding tert-OH is 1. The number of H-pyrrole nitrogens is 1. The van der Waals surface area contributed by atoms with E-state index in [-0.39, 0.29) is 6.04 Å². The van der Waals surface area contributed by atoms with Gasteiger partial charge in [-0.1, -0.05) is 36.4 Å². The van der Waals surface area contributed by atoms with Gasteiger partial charge in [-0.3, -0.25) is 5.01 Å². The van der Waals surface area contributed by atoms with Crippen molar-refractivity contribution in [3.63, 3.8) is 0 Å². The molecule has 2 atom stereocenters. The first-order valence-corrected chi connectivity index (χ1v) is 10.9. The smallest absolute Gasteiger partial charge is 0.136 e. The number of hydrazone groups is 1. The average molecular weight is 435 g/mol. The van der Waals surface area contributed by atoms with Crippen molar-refractivity contribution in [2.45, 2.75) is 25.2 Å². The minimum absolute atomic E-state index is 0.376. The molecule has 7 nitrogen and oxygen atoms in total. The summed E-state index contributed by atoms with van der Waals surface area (Å²) in [6.45, 7) is 1.74. The van der Waals surface area contributed by atoms with Crippen molar-refractivity contribution < 1.29 is 5.11 Å². The average Bonchev–Trinajstić information content (AvgIpc) is 3.54. The van der Waals surface area contributed by atoms with Crippen LogP contribution in [0.4, 0.5) is 0 Å². The fraction of sp³-hybridized carbons (Fsp3) is 0.192. The molecule has 2 aliphatic heterocycles. The topological polar surface area (TPSA) is 100 Å². The molecule has 0 saturated carbocycles. The molecule has 0 amide bonds. The van der Waals surface area contributed by atoms with Gasteiger partial charge >= 0.3 is 0 Å². The zero-order valence-electron chi connectivity index (χ0n) is 18.1. The van der Waals surface area contributed by atoms with E-state index in [1.165, 1.54) is 11.1 Å². The number of imidazole rings is 1. The Morgan fingerprint density at radius 3 is 2.30 bits per heavy atom. The Balaban J connectivity index is 1.27. The predicted molar refractivity (Wildman–Crippen MR) is 126 cm³/mol. The SMILES string of the molecule is CN1N=C(c2ccc(-c3ccc(C#N)cc3)cc2)C(O)C1c1nc2cc3c(cc2[nH]1)CNC3. The summed E-state index contributed by atoms with van der Waals surface area (Å²) in [4.78, 5) is 8.19. The van der Waals surface area contributed by atoms with Crippen LogP contribution in [0.2, 0.25) is 0 Å². The van der Waals surface area contributed by atoms with Crippen molar-refractivity contribution >= 4 is 16.7 Å². The van der Waals surface area contributed by atoms with E-state index in [0.717, 1.165) is 40.8 Å². The van der Waals surface area contributed by atoms with Gasteiger partial charge in [0.25, 0.3) is 0 Å². The first-order chi connectivity index (χ1) is 16.1. The van der Waals surface area contributed by atoms with Gasteiger partial charge < -0.3 is 15.4 Å². The van der Waals surface area contributed by atoms with Crippen molar-refractivity contribution in [1.29, 1.82) is 5.26 Å². The number of likely N-dealkylation sites (N-methyl/N-ethyl adjacent to an activating group) is 1. The predicted octanol–water partition coefficient (Wildman–Crippen LogP) is 3.46. The number of hydrogen-bond donors (Lipinski definition) is 3. The number of aromatic amines is 1. The number of aromatic nitrogens is 2. The maximum Gasteiger partial charge on any atom is 0.136 e. The normalized spacial score (nSPS) is 19.5. The maximum atomic E-state index is 11.2. The summed E-state index contributed by atoms with van der Waals surface area (Å²) in [5.74, 6) is 0.713. The summed E-state index contributed by atoms with van der Waals surface area (Å²) in [6, 6.07) is 21.5. The molecular weight excluding hydrogens is 412 g/mol.